The highest BCUT2D eigenvalue weighted by Crippen LogP contribution is 2.36. The molecule has 0 bridgehead atoms. The second-order valence-corrected chi connectivity index (χ2v) is 4.79. The minimum absolute atomic E-state index is 0.0141. The van der Waals surface area contributed by atoms with E-state index in [1.54, 1.807) is 4.68 Å². The minimum atomic E-state index is -0.423. The van der Waals surface area contributed by atoms with E-state index in [4.69, 9.17) is 11.6 Å². The first-order valence-electron chi connectivity index (χ1n) is 6.06. The molecule has 0 saturated heterocycles. The molecule has 1 fully saturated rings. The average molecular weight is 258 g/mol. The van der Waals surface area contributed by atoms with Crippen molar-refractivity contribution in [2.75, 3.05) is 0 Å². The molecule has 0 spiro atoms. The second kappa shape index (κ2) is 5.04. The third-order valence-corrected chi connectivity index (χ3v) is 3.69. The van der Waals surface area contributed by atoms with Crippen LogP contribution in [0.3, 0.4) is 0 Å². The van der Waals surface area contributed by atoms with Crippen molar-refractivity contribution in [1.29, 1.82) is 0 Å². The number of halogens is 1. The van der Waals surface area contributed by atoms with Gasteiger partial charge in [0.25, 0.3) is 0 Å². The Morgan fingerprint density at radius 2 is 2.12 bits per heavy atom. The minimum Gasteiger partial charge on any atom is -0.258 e. The molecule has 17 heavy (non-hydrogen) atoms. The number of rotatable bonds is 3. The van der Waals surface area contributed by atoms with Crippen molar-refractivity contribution in [2.45, 2.75) is 51.5 Å². The van der Waals surface area contributed by atoms with E-state index in [1.807, 2.05) is 6.92 Å². The zero-order valence-electron chi connectivity index (χ0n) is 9.86. The van der Waals surface area contributed by atoms with Crippen LogP contribution in [0.2, 0.25) is 5.15 Å². The van der Waals surface area contributed by atoms with Crippen LogP contribution in [0.4, 0.5) is 5.69 Å². The number of nitro groups is 1. The van der Waals surface area contributed by atoms with Gasteiger partial charge >= 0.3 is 5.69 Å². The van der Waals surface area contributed by atoms with E-state index in [2.05, 4.69) is 5.10 Å². The maximum Gasteiger partial charge on any atom is 0.329 e. The molecule has 1 aliphatic rings. The molecule has 0 N–H and O–H groups in total. The Morgan fingerprint density at radius 3 is 2.59 bits per heavy atom. The Balaban J connectivity index is 2.37. The summed E-state index contributed by atoms with van der Waals surface area (Å²) >= 11 is 6.10. The fraction of sp³-hybridized carbons (Fsp3) is 0.727. The third kappa shape index (κ3) is 2.29. The van der Waals surface area contributed by atoms with Crippen LogP contribution < -0.4 is 0 Å². The van der Waals surface area contributed by atoms with Gasteiger partial charge in [0, 0.05) is 0 Å². The molecule has 1 saturated carbocycles. The molecule has 0 aliphatic heterocycles. The van der Waals surface area contributed by atoms with E-state index < -0.39 is 4.92 Å². The lowest BCUT2D eigenvalue weighted by molar-refractivity contribution is -0.385. The third-order valence-electron chi connectivity index (χ3n) is 3.34. The summed E-state index contributed by atoms with van der Waals surface area (Å²) in [4.78, 5) is 10.5. The highest BCUT2D eigenvalue weighted by atomic mass is 35.5. The van der Waals surface area contributed by atoms with E-state index in [0.29, 0.717) is 12.1 Å². The number of hydrogen-bond acceptors (Lipinski definition) is 3. The van der Waals surface area contributed by atoms with E-state index in [-0.39, 0.29) is 16.9 Å². The zero-order valence-corrected chi connectivity index (χ0v) is 10.6. The summed E-state index contributed by atoms with van der Waals surface area (Å²) < 4.78 is 1.66. The van der Waals surface area contributed by atoms with Crippen LogP contribution in [-0.2, 0) is 6.42 Å². The topological polar surface area (TPSA) is 61.0 Å². The van der Waals surface area contributed by atoms with Crippen molar-refractivity contribution in [1.82, 2.24) is 9.78 Å². The molecular formula is C11H16ClN3O2. The van der Waals surface area contributed by atoms with Crippen LogP contribution in [0.1, 0.15) is 50.8 Å². The summed E-state index contributed by atoms with van der Waals surface area (Å²) in [5, 5.41) is 15.5. The first kappa shape index (κ1) is 12.4. The van der Waals surface area contributed by atoms with E-state index >= 15 is 0 Å². The number of nitrogens with zero attached hydrogens (tertiary/aromatic N) is 3. The molecule has 94 valence electrons. The van der Waals surface area contributed by atoms with Crippen LogP contribution in [-0.4, -0.2) is 14.7 Å². The quantitative estimate of drug-likeness (QED) is 0.615. The molecule has 0 unspecified atom stereocenters. The van der Waals surface area contributed by atoms with Crippen LogP contribution in [0.15, 0.2) is 0 Å². The largest absolute Gasteiger partial charge is 0.329 e. The fourth-order valence-corrected chi connectivity index (χ4v) is 2.79. The Hall–Kier alpha value is -1.10. The molecule has 1 aromatic heterocycles. The van der Waals surface area contributed by atoms with Gasteiger partial charge < -0.3 is 0 Å². The highest BCUT2D eigenvalue weighted by Gasteiger charge is 2.29. The predicted octanol–water partition coefficient (Wildman–Crippen LogP) is 3.51. The molecule has 0 atom stereocenters. The van der Waals surface area contributed by atoms with Crippen molar-refractivity contribution in [3.05, 3.63) is 21.0 Å². The van der Waals surface area contributed by atoms with Gasteiger partial charge in [0.1, 0.15) is 5.69 Å². The maximum absolute atomic E-state index is 11.0. The van der Waals surface area contributed by atoms with Gasteiger partial charge in [-0.25, -0.2) is 4.68 Å². The summed E-state index contributed by atoms with van der Waals surface area (Å²) in [7, 11) is 0. The molecule has 1 heterocycles. The van der Waals surface area contributed by atoms with Gasteiger partial charge in [-0.3, -0.25) is 10.1 Å². The van der Waals surface area contributed by atoms with Gasteiger partial charge in [-0.2, -0.15) is 5.10 Å². The lowest BCUT2D eigenvalue weighted by atomic mass is 9.96. The maximum atomic E-state index is 11.0. The van der Waals surface area contributed by atoms with Crippen LogP contribution in [0.5, 0.6) is 0 Å². The van der Waals surface area contributed by atoms with Gasteiger partial charge in [-0.05, 0) is 19.3 Å². The molecule has 0 radical (unpaired) electrons. The van der Waals surface area contributed by atoms with E-state index in [0.717, 1.165) is 25.7 Å². The van der Waals surface area contributed by atoms with Gasteiger partial charge in [-0.15, -0.1) is 0 Å². The normalized spacial score (nSPS) is 17.3. The molecule has 1 aliphatic carbocycles. The van der Waals surface area contributed by atoms with Crippen molar-refractivity contribution < 1.29 is 4.92 Å². The summed E-state index contributed by atoms with van der Waals surface area (Å²) in [6, 6.07) is 0.232. The van der Waals surface area contributed by atoms with Crippen molar-refractivity contribution >= 4 is 17.3 Å². The van der Waals surface area contributed by atoms with Crippen molar-refractivity contribution in [2.24, 2.45) is 0 Å². The Kier molecular flexibility index (Phi) is 3.66. The van der Waals surface area contributed by atoms with Crippen LogP contribution in [0.25, 0.3) is 0 Å². The summed E-state index contributed by atoms with van der Waals surface area (Å²) in [5.41, 5.74) is 0.477. The lowest BCUT2D eigenvalue weighted by Gasteiger charge is -2.22. The Bertz CT molecular complexity index is 425. The lowest BCUT2D eigenvalue weighted by Crippen LogP contribution is -2.14. The van der Waals surface area contributed by atoms with Crippen LogP contribution in [0, 0.1) is 10.1 Å². The second-order valence-electron chi connectivity index (χ2n) is 4.43. The van der Waals surface area contributed by atoms with Gasteiger partial charge in [0.15, 0.2) is 0 Å². The summed E-state index contributed by atoms with van der Waals surface area (Å²) in [6.45, 7) is 1.86. The molecule has 0 amide bonds. The fourth-order valence-electron chi connectivity index (χ4n) is 2.44. The number of aromatic nitrogens is 2. The van der Waals surface area contributed by atoms with E-state index in [9.17, 15) is 10.1 Å². The number of hydrogen-bond donors (Lipinski definition) is 0. The molecule has 1 aromatic rings. The molecule has 2 rings (SSSR count). The van der Waals surface area contributed by atoms with Crippen molar-refractivity contribution in [3.63, 3.8) is 0 Å². The Morgan fingerprint density at radius 1 is 1.47 bits per heavy atom. The molecule has 0 aromatic carbocycles. The van der Waals surface area contributed by atoms with Gasteiger partial charge in [-0.1, -0.05) is 37.8 Å². The zero-order chi connectivity index (χ0) is 12.4. The standard InChI is InChI=1S/C11H16ClN3O2/c1-2-9-10(15(16)17)11(12)14(13-9)8-6-4-3-5-7-8/h8H,2-7H2,1H3. The molecule has 5 nitrogen and oxygen atoms in total. The summed E-state index contributed by atoms with van der Waals surface area (Å²) in [5.74, 6) is 0. The predicted molar refractivity (Wildman–Crippen MR) is 65.4 cm³/mol. The van der Waals surface area contributed by atoms with Crippen molar-refractivity contribution in [3.8, 4) is 0 Å². The highest BCUT2D eigenvalue weighted by molar-refractivity contribution is 6.31. The molecule has 6 heteroatoms. The monoisotopic (exact) mass is 257 g/mol. The summed E-state index contributed by atoms with van der Waals surface area (Å²) in [6.07, 6.45) is 6.10. The van der Waals surface area contributed by atoms with Gasteiger partial charge in [0.2, 0.25) is 5.15 Å². The first-order chi connectivity index (χ1) is 8.15. The Labute approximate surface area is 105 Å². The molecular weight excluding hydrogens is 242 g/mol. The first-order valence-corrected chi connectivity index (χ1v) is 6.44. The SMILES string of the molecule is CCc1nn(C2CCCCC2)c(Cl)c1[N+](=O)[O-]. The average Bonchev–Trinajstić information content (AvgIpc) is 2.67. The van der Waals surface area contributed by atoms with E-state index in [1.165, 1.54) is 6.42 Å². The van der Waals surface area contributed by atoms with Crippen LogP contribution >= 0.6 is 11.6 Å². The van der Waals surface area contributed by atoms with Gasteiger partial charge in [0.05, 0.1) is 11.0 Å². The smallest absolute Gasteiger partial charge is 0.258 e. The number of aryl methyl sites for hydroxylation is 1.